The van der Waals surface area contributed by atoms with Crippen molar-refractivity contribution < 1.29 is 18.5 Å². The summed E-state index contributed by atoms with van der Waals surface area (Å²) in [6, 6.07) is 6.03. The number of hydrogen-bond acceptors (Lipinski definition) is 7. The van der Waals surface area contributed by atoms with E-state index in [1.54, 1.807) is 14.0 Å². The fourth-order valence-corrected chi connectivity index (χ4v) is 3.17. The molecule has 0 N–H and O–H groups in total. The predicted octanol–water partition coefficient (Wildman–Crippen LogP) is 4.59. The monoisotopic (exact) mass is 385 g/mol. The van der Waals surface area contributed by atoms with Crippen LogP contribution in [0.2, 0.25) is 0 Å². The van der Waals surface area contributed by atoms with E-state index in [0.29, 0.717) is 24.9 Å². The van der Waals surface area contributed by atoms with Crippen LogP contribution >= 0.6 is 0 Å². The molecule has 3 rings (SSSR count). The van der Waals surface area contributed by atoms with Gasteiger partial charge in [-0.2, -0.15) is 4.98 Å². The van der Waals surface area contributed by atoms with E-state index in [4.69, 9.17) is 18.5 Å². The highest BCUT2D eigenvalue weighted by atomic mass is 16.5. The predicted molar refractivity (Wildman–Crippen MR) is 104 cm³/mol. The van der Waals surface area contributed by atoms with Gasteiger partial charge in [0, 0.05) is 32.1 Å². The number of rotatable bonds is 10. The minimum absolute atomic E-state index is 0.487. The minimum atomic E-state index is 0.487. The molecule has 0 saturated carbocycles. The summed E-state index contributed by atoms with van der Waals surface area (Å²) in [6.07, 6.45) is 3.98. The normalized spacial score (nSPS) is 11.1. The van der Waals surface area contributed by atoms with Crippen molar-refractivity contribution in [1.82, 2.24) is 15.3 Å². The minimum Gasteiger partial charge on any atom is -0.493 e. The van der Waals surface area contributed by atoms with Crippen molar-refractivity contribution in [2.75, 3.05) is 13.7 Å². The van der Waals surface area contributed by atoms with Gasteiger partial charge in [0.05, 0.1) is 13.2 Å². The van der Waals surface area contributed by atoms with E-state index >= 15 is 0 Å². The second kappa shape index (κ2) is 9.50. The molecule has 0 saturated heterocycles. The number of unbranched alkanes of at least 4 members (excludes halogenated alkanes) is 2. The number of ether oxygens (including phenoxy) is 2. The average molecular weight is 385 g/mol. The second-order valence-electron chi connectivity index (χ2n) is 6.95. The van der Waals surface area contributed by atoms with E-state index < -0.39 is 0 Å². The number of methoxy groups -OCH3 is 1. The highest BCUT2D eigenvalue weighted by molar-refractivity contribution is 5.60. The molecule has 0 fully saturated rings. The zero-order chi connectivity index (χ0) is 19.9. The molecule has 0 aliphatic heterocycles. The highest BCUT2D eigenvalue weighted by Gasteiger charge is 2.11. The summed E-state index contributed by atoms with van der Waals surface area (Å²) in [5, 5.41) is 7.96. The SMILES string of the molecule is COCc1cc(CCCCCOc2c(C)cc(-c3noc(C)n3)cc2C)on1. The molecule has 0 spiro atoms. The van der Waals surface area contributed by atoms with Gasteiger partial charge in [0.1, 0.15) is 17.2 Å². The standard InChI is InChI=1S/C21H27N3O4/c1-14-10-17(21-22-16(3)27-24-21)11-15(2)20(14)26-9-7-5-6-8-19-12-18(13-25-4)23-28-19/h10-12H,5-9,13H2,1-4H3. The Hall–Kier alpha value is -2.67. The first-order valence-electron chi connectivity index (χ1n) is 9.55. The third kappa shape index (κ3) is 5.19. The van der Waals surface area contributed by atoms with Crippen molar-refractivity contribution >= 4 is 0 Å². The first-order chi connectivity index (χ1) is 13.6. The van der Waals surface area contributed by atoms with Gasteiger partial charge in [-0.3, -0.25) is 0 Å². The molecule has 3 aromatic rings. The lowest BCUT2D eigenvalue weighted by Gasteiger charge is -2.13. The summed E-state index contributed by atoms with van der Waals surface area (Å²) in [5.74, 6) is 3.01. The summed E-state index contributed by atoms with van der Waals surface area (Å²) < 4.78 is 21.4. The number of nitrogens with zero attached hydrogens (tertiary/aromatic N) is 3. The quantitative estimate of drug-likeness (QED) is 0.472. The van der Waals surface area contributed by atoms with Gasteiger partial charge in [0.15, 0.2) is 0 Å². The third-order valence-electron chi connectivity index (χ3n) is 4.46. The maximum Gasteiger partial charge on any atom is 0.223 e. The van der Waals surface area contributed by atoms with E-state index in [2.05, 4.69) is 15.3 Å². The molecule has 0 atom stereocenters. The van der Waals surface area contributed by atoms with E-state index in [1.165, 1.54) is 0 Å². The largest absolute Gasteiger partial charge is 0.493 e. The van der Waals surface area contributed by atoms with Crippen LogP contribution in [0.5, 0.6) is 5.75 Å². The fraction of sp³-hybridized carbons (Fsp3) is 0.476. The number of aryl methyl sites for hydroxylation is 4. The summed E-state index contributed by atoms with van der Waals surface area (Å²) in [7, 11) is 1.65. The fourth-order valence-electron chi connectivity index (χ4n) is 3.17. The van der Waals surface area contributed by atoms with Crippen LogP contribution in [0.4, 0.5) is 0 Å². The first kappa shape index (κ1) is 20.1. The van der Waals surface area contributed by atoms with Crippen molar-refractivity contribution in [2.45, 2.75) is 53.1 Å². The average Bonchev–Trinajstić information content (AvgIpc) is 3.29. The Morgan fingerprint density at radius 3 is 2.39 bits per heavy atom. The number of aromatic nitrogens is 3. The van der Waals surface area contributed by atoms with Crippen LogP contribution in [0.25, 0.3) is 11.4 Å². The maximum absolute atomic E-state index is 6.04. The Balaban J connectivity index is 1.44. The third-order valence-corrected chi connectivity index (χ3v) is 4.46. The van der Waals surface area contributed by atoms with Crippen molar-refractivity contribution in [1.29, 1.82) is 0 Å². The Kier molecular flexibility index (Phi) is 6.81. The second-order valence-corrected chi connectivity index (χ2v) is 6.95. The van der Waals surface area contributed by atoms with Gasteiger partial charge >= 0.3 is 0 Å². The summed E-state index contributed by atoms with van der Waals surface area (Å²) in [5.41, 5.74) is 3.93. The van der Waals surface area contributed by atoms with Crippen LogP contribution in [-0.4, -0.2) is 29.0 Å². The lowest BCUT2D eigenvalue weighted by atomic mass is 10.1. The van der Waals surface area contributed by atoms with Crippen LogP contribution in [-0.2, 0) is 17.8 Å². The summed E-state index contributed by atoms with van der Waals surface area (Å²) in [6.45, 7) is 7.05. The molecule has 7 heteroatoms. The van der Waals surface area contributed by atoms with Gasteiger partial charge < -0.3 is 18.5 Å². The van der Waals surface area contributed by atoms with Crippen LogP contribution in [0.3, 0.4) is 0 Å². The van der Waals surface area contributed by atoms with Gasteiger partial charge in [-0.25, -0.2) is 0 Å². The Morgan fingerprint density at radius 1 is 0.929 bits per heavy atom. The van der Waals surface area contributed by atoms with E-state index in [9.17, 15) is 0 Å². The molecule has 28 heavy (non-hydrogen) atoms. The Labute approximate surface area is 165 Å². The molecule has 0 amide bonds. The van der Waals surface area contributed by atoms with Crippen molar-refractivity contribution in [3.63, 3.8) is 0 Å². The zero-order valence-corrected chi connectivity index (χ0v) is 16.9. The molecule has 2 aromatic heterocycles. The van der Waals surface area contributed by atoms with Crippen molar-refractivity contribution in [3.8, 4) is 17.1 Å². The number of hydrogen-bond donors (Lipinski definition) is 0. The van der Waals surface area contributed by atoms with Crippen molar-refractivity contribution in [3.05, 3.63) is 46.7 Å². The number of benzene rings is 1. The van der Waals surface area contributed by atoms with Crippen LogP contribution in [0.15, 0.2) is 27.2 Å². The molecule has 150 valence electrons. The van der Waals surface area contributed by atoms with E-state index in [-0.39, 0.29) is 0 Å². The smallest absolute Gasteiger partial charge is 0.223 e. The topological polar surface area (TPSA) is 83.4 Å². The van der Waals surface area contributed by atoms with Gasteiger partial charge in [-0.15, -0.1) is 0 Å². The van der Waals surface area contributed by atoms with Gasteiger partial charge in [0.2, 0.25) is 11.7 Å². The zero-order valence-electron chi connectivity index (χ0n) is 16.9. The first-order valence-corrected chi connectivity index (χ1v) is 9.55. The summed E-state index contributed by atoms with van der Waals surface area (Å²) >= 11 is 0. The maximum atomic E-state index is 6.04. The van der Waals surface area contributed by atoms with Gasteiger partial charge in [-0.1, -0.05) is 10.3 Å². The lowest BCUT2D eigenvalue weighted by molar-refractivity contribution is 0.177. The molecule has 1 aromatic carbocycles. The molecule has 0 aliphatic rings. The van der Waals surface area contributed by atoms with E-state index in [1.807, 2.05) is 32.0 Å². The lowest BCUT2D eigenvalue weighted by Crippen LogP contribution is -2.01. The van der Waals surface area contributed by atoms with Crippen LogP contribution < -0.4 is 4.74 Å². The molecule has 0 unspecified atom stereocenters. The Bertz CT molecular complexity index is 878. The molecular weight excluding hydrogens is 358 g/mol. The molecule has 7 nitrogen and oxygen atoms in total. The van der Waals surface area contributed by atoms with Crippen LogP contribution in [0.1, 0.15) is 47.7 Å². The van der Waals surface area contributed by atoms with Crippen molar-refractivity contribution in [2.24, 2.45) is 0 Å². The summed E-state index contributed by atoms with van der Waals surface area (Å²) in [4.78, 5) is 4.29. The molecular formula is C21H27N3O4. The van der Waals surface area contributed by atoms with Gasteiger partial charge in [-0.05, 0) is 56.4 Å². The highest BCUT2D eigenvalue weighted by Crippen LogP contribution is 2.29. The molecule has 0 radical (unpaired) electrons. The molecule has 0 aliphatic carbocycles. The van der Waals surface area contributed by atoms with Crippen LogP contribution in [0, 0.1) is 20.8 Å². The van der Waals surface area contributed by atoms with Gasteiger partial charge in [0.25, 0.3) is 0 Å². The van der Waals surface area contributed by atoms with E-state index in [0.717, 1.165) is 59.6 Å². The molecule has 2 heterocycles. The molecule has 0 bridgehead atoms. The Morgan fingerprint density at radius 2 is 1.71 bits per heavy atom.